The van der Waals surface area contributed by atoms with Gasteiger partial charge in [-0.05, 0) is 48.2 Å². The summed E-state index contributed by atoms with van der Waals surface area (Å²) in [4.78, 5) is 11.6. The summed E-state index contributed by atoms with van der Waals surface area (Å²) in [6, 6.07) is 15.9. The summed E-state index contributed by atoms with van der Waals surface area (Å²) in [5.74, 6) is 6.25. The summed E-state index contributed by atoms with van der Waals surface area (Å²) in [6.45, 7) is 7.10. The smallest absolute Gasteiger partial charge is 0.428 e. The number of nitrogens with zero attached hydrogens (tertiary/aromatic N) is 1. The number of hydrogen-bond donors (Lipinski definition) is 2. The van der Waals surface area contributed by atoms with Gasteiger partial charge in [0, 0.05) is 12.2 Å². The molecule has 0 bridgehead atoms. The number of nitrogens with two attached hydrogens (primary N) is 1. The largest absolute Gasteiger partial charge is 0.449 e. The molecule has 0 heterocycles. The maximum atomic E-state index is 11.6. The fraction of sp³-hybridized carbons (Fsp3) is 0.316. The molecule has 0 aromatic heterocycles. The zero-order valence-corrected chi connectivity index (χ0v) is 14.5. The zero-order chi connectivity index (χ0) is 17.5. The Morgan fingerprint density at radius 3 is 2.29 bits per heavy atom. The maximum absolute atomic E-state index is 11.6. The maximum Gasteiger partial charge on any atom is 0.428 e. The van der Waals surface area contributed by atoms with E-state index < -0.39 is 6.09 Å². The number of benzene rings is 2. The number of carbonyl (C=O) groups excluding carboxylic acids is 1. The molecule has 0 saturated heterocycles. The summed E-state index contributed by atoms with van der Waals surface area (Å²) in [5, 5.41) is 4.39. The van der Waals surface area contributed by atoms with Crippen molar-refractivity contribution < 1.29 is 9.53 Å². The third kappa shape index (κ3) is 4.73. The van der Waals surface area contributed by atoms with Crippen molar-refractivity contribution >= 4 is 17.5 Å². The van der Waals surface area contributed by atoms with Crippen LogP contribution in [0, 0.1) is 0 Å². The minimum atomic E-state index is -0.561. The molecular weight excluding hydrogens is 302 g/mol. The van der Waals surface area contributed by atoms with Gasteiger partial charge in [0.15, 0.2) is 0 Å². The highest BCUT2D eigenvalue weighted by molar-refractivity contribution is 5.86. The topological polar surface area (TPSA) is 67.6 Å². The fourth-order valence-electron chi connectivity index (χ4n) is 2.26. The van der Waals surface area contributed by atoms with Crippen LogP contribution in [0.25, 0.3) is 0 Å². The lowest BCUT2D eigenvalue weighted by molar-refractivity contribution is 0.160. The van der Waals surface area contributed by atoms with E-state index in [0.717, 1.165) is 16.3 Å². The molecule has 2 rings (SSSR count). The first-order chi connectivity index (χ1) is 11.5. The molecule has 0 spiro atoms. The monoisotopic (exact) mass is 327 g/mol. The van der Waals surface area contributed by atoms with Crippen molar-refractivity contribution in [2.75, 3.05) is 16.9 Å². The number of anilines is 2. The van der Waals surface area contributed by atoms with Crippen molar-refractivity contribution in [2.24, 2.45) is 5.84 Å². The van der Waals surface area contributed by atoms with Gasteiger partial charge in [-0.3, -0.25) is 0 Å². The molecule has 24 heavy (non-hydrogen) atoms. The van der Waals surface area contributed by atoms with E-state index in [2.05, 4.69) is 43.4 Å². The van der Waals surface area contributed by atoms with Gasteiger partial charge in [-0.1, -0.05) is 38.1 Å². The van der Waals surface area contributed by atoms with Crippen LogP contribution < -0.4 is 16.2 Å². The normalized spacial score (nSPS) is 10.5. The van der Waals surface area contributed by atoms with Gasteiger partial charge < -0.3 is 10.1 Å². The van der Waals surface area contributed by atoms with E-state index in [9.17, 15) is 4.79 Å². The van der Waals surface area contributed by atoms with Crippen molar-refractivity contribution in [1.82, 2.24) is 0 Å². The molecule has 2 aromatic rings. The quantitative estimate of drug-likeness (QED) is 0.472. The lowest BCUT2D eigenvalue weighted by Crippen LogP contribution is -2.37. The Labute approximate surface area is 143 Å². The third-order valence-corrected chi connectivity index (χ3v) is 3.75. The van der Waals surface area contributed by atoms with E-state index in [-0.39, 0.29) is 0 Å². The number of carbonyl (C=O) groups is 1. The van der Waals surface area contributed by atoms with Gasteiger partial charge in [0.05, 0.1) is 12.3 Å². The zero-order valence-electron chi connectivity index (χ0n) is 14.5. The van der Waals surface area contributed by atoms with Crippen LogP contribution in [-0.4, -0.2) is 12.7 Å². The third-order valence-electron chi connectivity index (χ3n) is 3.75. The summed E-state index contributed by atoms with van der Waals surface area (Å²) in [5.41, 5.74) is 4.10. The van der Waals surface area contributed by atoms with Crippen molar-refractivity contribution in [2.45, 2.75) is 33.2 Å². The van der Waals surface area contributed by atoms with Crippen LogP contribution in [0.1, 0.15) is 37.8 Å². The Balaban J connectivity index is 1.93. The van der Waals surface area contributed by atoms with E-state index in [4.69, 9.17) is 10.6 Å². The van der Waals surface area contributed by atoms with Crippen molar-refractivity contribution in [3.8, 4) is 0 Å². The van der Waals surface area contributed by atoms with Crippen molar-refractivity contribution in [1.29, 1.82) is 0 Å². The second-order valence-electron chi connectivity index (χ2n) is 5.87. The van der Waals surface area contributed by atoms with E-state index in [1.165, 1.54) is 5.56 Å². The van der Waals surface area contributed by atoms with Crippen LogP contribution in [0.5, 0.6) is 0 Å². The summed E-state index contributed by atoms with van der Waals surface area (Å²) < 4.78 is 4.87. The molecule has 0 unspecified atom stereocenters. The van der Waals surface area contributed by atoms with E-state index in [1.807, 2.05) is 12.1 Å². The van der Waals surface area contributed by atoms with Gasteiger partial charge in [-0.15, -0.1) is 0 Å². The molecule has 5 nitrogen and oxygen atoms in total. The van der Waals surface area contributed by atoms with E-state index >= 15 is 0 Å². The highest BCUT2D eigenvalue weighted by Crippen LogP contribution is 2.18. The van der Waals surface area contributed by atoms with Crippen LogP contribution >= 0.6 is 0 Å². The molecule has 3 N–H and O–H groups in total. The molecule has 0 radical (unpaired) electrons. The molecule has 1 amide bonds. The molecule has 128 valence electrons. The van der Waals surface area contributed by atoms with Gasteiger partial charge in [0.25, 0.3) is 0 Å². The van der Waals surface area contributed by atoms with Gasteiger partial charge >= 0.3 is 6.09 Å². The van der Waals surface area contributed by atoms with Gasteiger partial charge in [-0.2, -0.15) is 0 Å². The number of amides is 1. The Morgan fingerprint density at radius 1 is 1.12 bits per heavy atom. The van der Waals surface area contributed by atoms with Crippen LogP contribution in [0.3, 0.4) is 0 Å². The van der Waals surface area contributed by atoms with E-state index in [1.54, 1.807) is 19.1 Å². The van der Waals surface area contributed by atoms with Crippen molar-refractivity contribution in [3.05, 3.63) is 59.7 Å². The molecule has 0 fully saturated rings. The number of nitrogens with one attached hydrogen (secondary N) is 1. The SMILES string of the molecule is CCOC(=O)N(N)c1ccc(CNc2ccc(C(C)C)cc2)cc1. The molecule has 0 atom stereocenters. The Kier molecular flexibility index (Phi) is 6.21. The van der Waals surface area contributed by atoms with Crippen LogP contribution in [0.2, 0.25) is 0 Å². The minimum absolute atomic E-state index is 0.296. The average molecular weight is 327 g/mol. The number of ether oxygens (including phenoxy) is 1. The predicted octanol–water partition coefficient (Wildman–Crippen LogP) is 4.26. The standard InChI is InChI=1S/C19H25N3O2/c1-4-24-19(23)22(20)18-11-5-15(6-12-18)13-21-17-9-7-16(8-10-17)14(2)3/h5-12,14,21H,4,13,20H2,1-3H3. The molecular formula is C19H25N3O2. The highest BCUT2D eigenvalue weighted by Gasteiger charge is 2.12. The average Bonchev–Trinajstić information content (AvgIpc) is 2.60. The lowest BCUT2D eigenvalue weighted by Gasteiger charge is -2.16. The molecule has 0 aliphatic carbocycles. The molecule has 0 aliphatic heterocycles. The van der Waals surface area contributed by atoms with Crippen molar-refractivity contribution in [3.63, 3.8) is 0 Å². The molecule has 0 aliphatic rings. The molecule has 2 aromatic carbocycles. The number of hydrogen-bond acceptors (Lipinski definition) is 4. The number of rotatable bonds is 6. The van der Waals surface area contributed by atoms with Gasteiger partial charge in [-0.25, -0.2) is 15.6 Å². The van der Waals surface area contributed by atoms with Crippen LogP contribution in [-0.2, 0) is 11.3 Å². The first kappa shape index (κ1) is 17.8. The second kappa shape index (κ2) is 8.36. The Morgan fingerprint density at radius 2 is 1.75 bits per heavy atom. The summed E-state index contributed by atoms with van der Waals surface area (Å²) >= 11 is 0. The van der Waals surface area contributed by atoms with E-state index in [0.29, 0.717) is 24.8 Å². The Bertz CT molecular complexity index is 651. The van der Waals surface area contributed by atoms with Gasteiger partial charge in [0.2, 0.25) is 0 Å². The first-order valence-corrected chi connectivity index (χ1v) is 8.15. The Hall–Kier alpha value is -2.53. The summed E-state index contributed by atoms with van der Waals surface area (Å²) in [6.07, 6.45) is -0.561. The predicted molar refractivity (Wildman–Crippen MR) is 98.0 cm³/mol. The fourth-order valence-corrected chi connectivity index (χ4v) is 2.26. The highest BCUT2D eigenvalue weighted by atomic mass is 16.6. The molecule has 0 saturated carbocycles. The first-order valence-electron chi connectivity index (χ1n) is 8.15. The second-order valence-corrected chi connectivity index (χ2v) is 5.87. The minimum Gasteiger partial charge on any atom is -0.449 e. The molecule has 5 heteroatoms. The van der Waals surface area contributed by atoms with Crippen LogP contribution in [0.4, 0.5) is 16.2 Å². The number of hydrazine groups is 1. The summed E-state index contributed by atoms with van der Waals surface area (Å²) in [7, 11) is 0. The van der Waals surface area contributed by atoms with Gasteiger partial charge in [0.1, 0.15) is 0 Å². The van der Waals surface area contributed by atoms with Crippen LogP contribution in [0.15, 0.2) is 48.5 Å². The lowest BCUT2D eigenvalue weighted by atomic mass is 10.0.